The lowest BCUT2D eigenvalue weighted by Crippen LogP contribution is -2.44. The first-order valence-electron chi connectivity index (χ1n) is 5.63. The number of benzene rings is 1. The number of nitrogens with two attached hydrogens (primary N) is 1. The van der Waals surface area contributed by atoms with Crippen LogP contribution in [0.1, 0.15) is 37.6 Å². The van der Waals surface area contributed by atoms with E-state index in [0.717, 1.165) is 6.42 Å². The van der Waals surface area contributed by atoms with Crippen LogP contribution in [0.5, 0.6) is 0 Å². The Morgan fingerprint density at radius 1 is 1.47 bits per heavy atom. The fraction of sp³-hybridized carbons (Fsp3) is 0.462. The number of para-hydroxylation sites is 1. The van der Waals surface area contributed by atoms with Gasteiger partial charge >= 0.3 is 0 Å². The molecule has 1 aromatic carbocycles. The predicted molar refractivity (Wildman–Crippen MR) is 72.3 cm³/mol. The van der Waals surface area contributed by atoms with Crippen LogP contribution in [0.25, 0.3) is 0 Å². The first-order chi connectivity index (χ1) is 7.81. The summed E-state index contributed by atoms with van der Waals surface area (Å²) in [5.41, 5.74) is 6.43. The van der Waals surface area contributed by atoms with Crippen molar-refractivity contribution in [2.75, 3.05) is 12.8 Å². The van der Waals surface area contributed by atoms with Gasteiger partial charge in [0, 0.05) is 12.6 Å². The molecule has 1 rings (SSSR count). The van der Waals surface area contributed by atoms with E-state index in [9.17, 15) is 4.79 Å². The fourth-order valence-electron chi connectivity index (χ4n) is 1.42. The second-order valence-electron chi connectivity index (χ2n) is 4.73. The summed E-state index contributed by atoms with van der Waals surface area (Å²) in [5, 5.41) is 0.415. The van der Waals surface area contributed by atoms with Gasteiger partial charge in [-0.05, 0) is 32.4 Å². The van der Waals surface area contributed by atoms with E-state index in [-0.39, 0.29) is 11.4 Å². The fourth-order valence-corrected chi connectivity index (χ4v) is 1.59. The molecule has 3 nitrogen and oxygen atoms in total. The zero-order chi connectivity index (χ0) is 13.2. The summed E-state index contributed by atoms with van der Waals surface area (Å²) in [6.45, 7) is 6.09. The number of hydrogen-bond acceptors (Lipinski definition) is 2. The molecule has 0 atom stereocenters. The van der Waals surface area contributed by atoms with E-state index < -0.39 is 0 Å². The Kier molecular flexibility index (Phi) is 4.04. The summed E-state index contributed by atoms with van der Waals surface area (Å²) in [7, 11) is 1.78. The lowest BCUT2D eigenvalue weighted by Gasteiger charge is -2.35. The number of halogens is 1. The van der Waals surface area contributed by atoms with Crippen molar-refractivity contribution in [1.82, 2.24) is 4.90 Å². The van der Waals surface area contributed by atoms with Crippen LogP contribution in [0, 0.1) is 0 Å². The SMILES string of the molecule is CCC(C)(C)N(C)C(=O)c1cccc(Cl)c1N. The number of carbonyl (C=O) groups is 1. The second-order valence-corrected chi connectivity index (χ2v) is 5.14. The van der Waals surface area contributed by atoms with Gasteiger partial charge in [0.25, 0.3) is 5.91 Å². The summed E-state index contributed by atoms with van der Waals surface area (Å²) in [6, 6.07) is 5.11. The molecular formula is C13H19ClN2O. The van der Waals surface area contributed by atoms with Gasteiger partial charge in [-0.25, -0.2) is 0 Å². The van der Waals surface area contributed by atoms with Crippen LogP contribution >= 0.6 is 11.6 Å². The zero-order valence-corrected chi connectivity index (χ0v) is 11.5. The minimum absolute atomic E-state index is 0.100. The highest BCUT2D eigenvalue weighted by atomic mass is 35.5. The van der Waals surface area contributed by atoms with Crippen molar-refractivity contribution in [3.63, 3.8) is 0 Å². The number of carbonyl (C=O) groups excluding carboxylic acids is 1. The van der Waals surface area contributed by atoms with Crippen LogP contribution in [-0.2, 0) is 0 Å². The molecule has 0 heterocycles. The third-order valence-electron chi connectivity index (χ3n) is 3.36. The molecule has 0 saturated heterocycles. The molecule has 0 aliphatic rings. The van der Waals surface area contributed by atoms with Crippen molar-refractivity contribution in [2.45, 2.75) is 32.7 Å². The number of nitrogen functional groups attached to an aromatic ring is 1. The molecule has 0 unspecified atom stereocenters. The van der Waals surface area contributed by atoms with Crippen molar-refractivity contribution in [2.24, 2.45) is 0 Å². The lowest BCUT2D eigenvalue weighted by atomic mass is 9.98. The number of rotatable bonds is 3. The van der Waals surface area contributed by atoms with Gasteiger partial charge in [0.2, 0.25) is 0 Å². The highest BCUT2D eigenvalue weighted by Crippen LogP contribution is 2.26. The van der Waals surface area contributed by atoms with Crippen LogP contribution in [-0.4, -0.2) is 23.4 Å². The molecule has 17 heavy (non-hydrogen) atoms. The normalized spacial score (nSPS) is 11.4. The maximum absolute atomic E-state index is 12.3. The number of hydrogen-bond donors (Lipinski definition) is 1. The van der Waals surface area contributed by atoms with Crippen molar-refractivity contribution >= 4 is 23.2 Å². The average molecular weight is 255 g/mol. The standard InChI is InChI=1S/C13H19ClN2O/c1-5-13(2,3)16(4)12(17)9-7-6-8-10(14)11(9)15/h6-8H,5,15H2,1-4H3. The van der Waals surface area contributed by atoms with E-state index in [0.29, 0.717) is 16.3 Å². The van der Waals surface area contributed by atoms with Crippen LogP contribution in [0.4, 0.5) is 5.69 Å². The van der Waals surface area contributed by atoms with Gasteiger partial charge in [-0.15, -0.1) is 0 Å². The summed E-state index contributed by atoms with van der Waals surface area (Å²) >= 11 is 5.91. The molecule has 0 aromatic heterocycles. The van der Waals surface area contributed by atoms with Crippen molar-refractivity contribution in [1.29, 1.82) is 0 Å². The first kappa shape index (κ1) is 13.8. The predicted octanol–water partition coefficient (Wildman–Crippen LogP) is 3.18. The van der Waals surface area contributed by atoms with E-state index in [2.05, 4.69) is 0 Å². The Bertz CT molecular complexity index is 429. The van der Waals surface area contributed by atoms with Crippen LogP contribution in [0.2, 0.25) is 5.02 Å². The van der Waals surface area contributed by atoms with Crippen molar-refractivity contribution < 1.29 is 4.79 Å². The minimum Gasteiger partial charge on any atom is -0.397 e. The molecule has 4 heteroatoms. The molecule has 1 aromatic rings. The van der Waals surface area contributed by atoms with E-state index in [1.165, 1.54) is 0 Å². The lowest BCUT2D eigenvalue weighted by molar-refractivity contribution is 0.0621. The zero-order valence-electron chi connectivity index (χ0n) is 10.7. The van der Waals surface area contributed by atoms with Gasteiger partial charge in [0.05, 0.1) is 16.3 Å². The Hall–Kier alpha value is -1.22. The van der Waals surface area contributed by atoms with E-state index in [1.54, 1.807) is 30.1 Å². The first-order valence-corrected chi connectivity index (χ1v) is 6.01. The third-order valence-corrected chi connectivity index (χ3v) is 3.69. The summed E-state index contributed by atoms with van der Waals surface area (Å²) in [6.07, 6.45) is 0.871. The molecule has 2 N–H and O–H groups in total. The maximum Gasteiger partial charge on any atom is 0.256 e. The molecule has 94 valence electrons. The van der Waals surface area contributed by atoms with Crippen LogP contribution in [0.15, 0.2) is 18.2 Å². The molecule has 0 aliphatic carbocycles. The van der Waals surface area contributed by atoms with Gasteiger partial charge in [0.15, 0.2) is 0 Å². The Morgan fingerprint density at radius 2 is 2.06 bits per heavy atom. The van der Waals surface area contributed by atoms with Gasteiger partial charge in [-0.2, -0.15) is 0 Å². The second kappa shape index (κ2) is 4.96. The number of anilines is 1. The van der Waals surface area contributed by atoms with Crippen LogP contribution < -0.4 is 5.73 Å². The Morgan fingerprint density at radius 3 is 2.59 bits per heavy atom. The molecule has 0 radical (unpaired) electrons. The summed E-state index contributed by atoms with van der Waals surface area (Å²) in [5.74, 6) is -0.100. The molecule has 0 aliphatic heterocycles. The summed E-state index contributed by atoms with van der Waals surface area (Å²) < 4.78 is 0. The summed E-state index contributed by atoms with van der Waals surface area (Å²) in [4.78, 5) is 14.0. The molecular weight excluding hydrogens is 236 g/mol. The monoisotopic (exact) mass is 254 g/mol. The number of amides is 1. The van der Waals surface area contributed by atoms with Gasteiger partial charge in [-0.3, -0.25) is 4.79 Å². The molecule has 0 saturated carbocycles. The van der Waals surface area contributed by atoms with E-state index in [4.69, 9.17) is 17.3 Å². The smallest absolute Gasteiger partial charge is 0.256 e. The van der Waals surface area contributed by atoms with E-state index >= 15 is 0 Å². The molecule has 0 bridgehead atoms. The maximum atomic E-state index is 12.3. The topological polar surface area (TPSA) is 46.3 Å². The van der Waals surface area contributed by atoms with Gasteiger partial charge in [-0.1, -0.05) is 24.6 Å². The quantitative estimate of drug-likeness (QED) is 0.842. The average Bonchev–Trinajstić information content (AvgIpc) is 2.30. The third kappa shape index (κ3) is 2.72. The van der Waals surface area contributed by atoms with Crippen molar-refractivity contribution in [3.05, 3.63) is 28.8 Å². The van der Waals surface area contributed by atoms with Crippen LogP contribution in [0.3, 0.4) is 0 Å². The largest absolute Gasteiger partial charge is 0.397 e. The highest BCUT2D eigenvalue weighted by molar-refractivity contribution is 6.33. The molecule has 1 amide bonds. The molecule has 0 fully saturated rings. The number of nitrogens with zero attached hydrogens (tertiary/aromatic N) is 1. The van der Waals surface area contributed by atoms with Crippen molar-refractivity contribution in [3.8, 4) is 0 Å². The Balaban J connectivity index is 3.09. The van der Waals surface area contributed by atoms with Gasteiger partial charge < -0.3 is 10.6 Å². The highest BCUT2D eigenvalue weighted by Gasteiger charge is 2.27. The molecule has 0 spiro atoms. The Labute approximate surface area is 108 Å². The van der Waals surface area contributed by atoms with E-state index in [1.807, 2.05) is 20.8 Å². The minimum atomic E-state index is -0.203. The van der Waals surface area contributed by atoms with Gasteiger partial charge in [0.1, 0.15) is 0 Å².